The highest BCUT2D eigenvalue weighted by molar-refractivity contribution is 5.94. The second-order valence-corrected chi connectivity index (χ2v) is 5.84. The van der Waals surface area contributed by atoms with Crippen LogP contribution in [-0.4, -0.2) is 33.4 Å². The molecule has 0 atom stereocenters. The van der Waals surface area contributed by atoms with Gasteiger partial charge in [-0.2, -0.15) is 10.2 Å². The van der Waals surface area contributed by atoms with Crippen LogP contribution in [0, 0.1) is 0 Å². The van der Waals surface area contributed by atoms with Crippen LogP contribution in [0.25, 0.3) is 11.3 Å². The lowest BCUT2D eigenvalue weighted by molar-refractivity contribution is 0.0950. The second kappa shape index (κ2) is 8.06. The normalized spacial score (nSPS) is 11.0. The fraction of sp³-hybridized carbons (Fsp3) is 0.158. The SMILES string of the molecule is CC(C)Oc1ccc(-c2cc(C(=O)N/N=C\c3cccnc3)[nH]n2)cc1. The molecule has 7 nitrogen and oxygen atoms in total. The Kier molecular flexibility index (Phi) is 5.38. The molecule has 2 heterocycles. The number of aromatic amines is 1. The number of rotatable bonds is 6. The van der Waals surface area contributed by atoms with Crippen molar-refractivity contribution in [2.45, 2.75) is 20.0 Å². The van der Waals surface area contributed by atoms with Crippen molar-refractivity contribution >= 4 is 12.1 Å². The molecule has 0 saturated carbocycles. The quantitative estimate of drug-likeness (QED) is 0.528. The number of nitrogens with one attached hydrogen (secondary N) is 2. The second-order valence-electron chi connectivity index (χ2n) is 5.84. The fourth-order valence-electron chi connectivity index (χ4n) is 2.24. The number of amides is 1. The Balaban J connectivity index is 1.63. The van der Waals surface area contributed by atoms with Crippen molar-refractivity contribution in [1.29, 1.82) is 0 Å². The van der Waals surface area contributed by atoms with Gasteiger partial charge in [0.15, 0.2) is 0 Å². The first-order chi connectivity index (χ1) is 12.6. The number of carbonyl (C=O) groups is 1. The van der Waals surface area contributed by atoms with Gasteiger partial charge in [-0.25, -0.2) is 5.43 Å². The zero-order chi connectivity index (χ0) is 18.4. The molecule has 0 aliphatic heterocycles. The first-order valence-electron chi connectivity index (χ1n) is 8.18. The minimum absolute atomic E-state index is 0.119. The van der Waals surface area contributed by atoms with Crippen LogP contribution < -0.4 is 10.2 Å². The molecule has 132 valence electrons. The van der Waals surface area contributed by atoms with Gasteiger partial charge in [0.25, 0.3) is 5.91 Å². The van der Waals surface area contributed by atoms with E-state index in [2.05, 4.69) is 25.7 Å². The van der Waals surface area contributed by atoms with E-state index >= 15 is 0 Å². The maximum Gasteiger partial charge on any atom is 0.289 e. The Morgan fingerprint density at radius 3 is 2.77 bits per heavy atom. The summed E-state index contributed by atoms with van der Waals surface area (Å²) in [5.74, 6) is 0.422. The van der Waals surface area contributed by atoms with Crippen molar-refractivity contribution in [3.8, 4) is 17.0 Å². The predicted molar refractivity (Wildman–Crippen MR) is 99.1 cm³/mol. The van der Waals surface area contributed by atoms with Gasteiger partial charge in [0.2, 0.25) is 0 Å². The maximum atomic E-state index is 12.1. The van der Waals surface area contributed by atoms with Crippen LogP contribution in [0.2, 0.25) is 0 Å². The van der Waals surface area contributed by atoms with E-state index in [1.54, 1.807) is 24.5 Å². The summed E-state index contributed by atoms with van der Waals surface area (Å²) in [5.41, 5.74) is 5.13. The molecular formula is C19H19N5O2. The van der Waals surface area contributed by atoms with E-state index in [0.717, 1.165) is 16.9 Å². The van der Waals surface area contributed by atoms with Crippen molar-refractivity contribution < 1.29 is 9.53 Å². The Labute approximate surface area is 151 Å². The summed E-state index contributed by atoms with van der Waals surface area (Å²) in [6.45, 7) is 3.95. The molecule has 1 amide bonds. The zero-order valence-electron chi connectivity index (χ0n) is 14.5. The number of hydrazone groups is 1. The van der Waals surface area contributed by atoms with Crippen LogP contribution in [-0.2, 0) is 0 Å². The lowest BCUT2D eigenvalue weighted by Crippen LogP contribution is -2.18. The Bertz CT molecular complexity index is 886. The number of ether oxygens (including phenoxy) is 1. The van der Waals surface area contributed by atoms with Gasteiger partial charge in [-0.1, -0.05) is 6.07 Å². The summed E-state index contributed by atoms with van der Waals surface area (Å²) in [4.78, 5) is 16.1. The molecule has 0 saturated heterocycles. The number of benzene rings is 1. The van der Waals surface area contributed by atoms with Crippen LogP contribution >= 0.6 is 0 Å². The molecule has 3 aromatic rings. The summed E-state index contributed by atoms with van der Waals surface area (Å²) in [6, 6.07) is 12.9. The third kappa shape index (κ3) is 4.54. The molecule has 0 aliphatic rings. The number of nitrogens with zero attached hydrogens (tertiary/aromatic N) is 3. The van der Waals surface area contributed by atoms with Gasteiger partial charge in [0.1, 0.15) is 11.4 Å². The van der Waals surface area contributed by atoms with E-state index in [4.69, 9.17) is 4.74 Å². The smallest absolute Gasteiger partial charge is 0.289 e. The molecule has 0 fully saturated rings. The summed E-state index contributed by atoms with van der Waals surface area (Å²) >= 11 is 0. The van der Waals surface area contributed by atoms with Crippen molar-refractivity contribution in [1.82, 2.24) is 20.6 Å². The van der Waals surface area contributed by atoms with E-state index in [1.807, 2.05) is 44.2 Å². The molecule has 3 rings (SSSR count). The summed E-state index contributed by atoms with van der Waals surface area (Å²) in [6.07, 6.45) is 4.96. The molecule has 2 aromatic heterocycles. The molecule has 0 spiro atoms. The third-order valence-electron chi connectivity index (χ3n) is 3.41. The number of carbonyl (C=O) groups excluding carboxylic acids is 1. The van der Waals surface area contributed by atoms with E-state index in [1.165, 1.54) is 6.21 Å². The van der Waals surface area contributed by atoms with Crippen molar-refractivity contribution in [3.05, 3.63) is 66.1 Å². The summed E-state index contributed by atoms with van der Waals surface area (Å²) < 4.78 is 5.62. The van der Waals surface area contributed by atoms with E-state index in [9.17, 15) is 4.79 Å². The average Bonchev–Trinajstić information content (AvgIpc) is 3.13. The summed E-state index contributed by atoms with van der Waals surface area (Å²) in [5, 5.41) is 10.8. The van der Waals surface area contributed by atoms with Crippen molar-refractivity contribution in [2.75, 3.05) is 0 Å². The molecular weight excluding hydrogens is 330 g/mol. The molecule has 0 aliphatic carbocycles. The van der Waals surface area contributed by atoms with Crippen molar-refractivity contribution in [2.24, 2.45) is 5.10 Å². The van der Waals surface area contributed by atoms with Crippen LogP contribution in [0.4, 0.5) is 0 Å². The van der Waals surface area contributed by atoms with Gasteiger partial charge in [0, 0.05) is 23.5 Å². The summed E-state index contributed by atoms with van der Waals surface area (Å²) in [7, 11) is 0. The highest BCUT2D eigenvalue weighted by Gasteiger charge is 2.10. The minimum atomic E-state index is -0.372. The largest absolute Gasteiger partial charge is 0.491 e. The lowest BCUT2D eigenvalue weighted by atomic mass is 10.1. The van der Waals surface area contributed by atoms with Crippen LogP contribution in [0.5, 0.6) is 5.75 Å². The van der Waals surface area contributed by atoms with Gasteiger partial charge < -0.3 is 4.74 Å². The molecule has 0 unspecified atom stereocenters. The third-order valence-corrected chi connectivity index (χ3v) is 3.41. The van der Waals surface area contributed by atoms with Crippen LogP contribution in [0.15, 0.2) is 60.0 Å². The zero-order valence-corrected chi connectivity index (χ0v) is 14.5. The van der Waals surface area contributed by atoms with E-state index in [0.29, 0.717) is 11.4 Å². The molecule has 2 N–H and O–H groups in total. The predicted octanol–water partition coefficient (Wildman–Crippen LogP) is 3.02. The maximum absolute atomic E-state index is 12.1. The van der Waals surface area contributed by atoms with E-state index < -0.39 is 0 Å². The van der Waals surface area contributed by atoms with Gasteiger partial charge in [-0.05, 0) is 50.2 Å². The Morgan fingerprint density at radius 2 is 2.08 bits per heavy atom. The lowest BCUT2D eigenvalue weighted by Gasteiger charge is -2.09. The van der Waals surface area contributed by atoms with Gasteiger partial charge in [-0.15, -0.1) is 0 Å². The molecule has 26 heavy (non-hydrogen) atoms. The highest BCUT2D eigenvalue weighted by Crippen LogP contribution is 2.21. The van der Waals surface area contributed by atoms with Gasteiger partial charge in [0.05, 0.1) is 18.0 Å². The molecule has 0 bridgehead atoms. The average molecular weight is 349 g/mol. The Morgan fingerprint density at radius 1 is 1.27 bits per heavy atom. The number of aromatic nitrogens is 3. The van der Waals surface area contributed by atoms with Gasteiger partial charge in [-0.3, -0.25) is 14.9 Å². The number of pyridine rings is 1. The number of hydrogen-bond donors (Lipinski definition) is 2. The first kappa shape index (κ1) is 17.3. The number of hydrogen-bond acceptors (Lipinski definition) is 5. The van der Waals surface area contributed by atoms with Crippen molar-refractivity contribution in [3.63, 3.8) is 0 Å². The highest BCUT2D eigenvalue weighted by atomic mass is 16.5. The standard InChI is InChI=1S/C19H19N5O2/c1-13(2)26-16-7-5-15(6-8-16)17-10-18(23-22-17)19(25)24-21-12-14-4-3-9-20-11-14/h3-13H,1-2H3,(H,22,23)(H,24,25)/b21-12-. The monoisotopic (exact) mass is 349 g/mol. The molecule has 0 radical (unpaired) electrons. The fourth-order valence-corrected chi connectivity index (χ4v) is 2.24. The first-order valence-corrected chi connectivity index (χ1v) is 8.18. The minimum Gasteiger partial charge on any atom is -0.491 e. The molecule has 7 heteroatoms. The topological polar surface area (TPSA) is 92.3 Å². The van der Waals surface area contributed by atoms with Crippen LogP contribution in [0.1, 0.15) is 29.9 Å². The van der Waals surface area contributed by atoms with E-state index in [-0.39, 0.29) is 12.0 Å². The number of H-pyrrole nitrogens is 1. The Hall–Kier alpha value is -3.48. The van der Waals surface area contributed by atoms with Crippen LogP contribution in [0.3, 0.4) is 0 Å². The molecule has 1 aromatic carbocycles. The van der Waals surface area contributed by atoms with Gasteiger partial charge >= 0.3 is 0 Å².